The van der Waals surface area contributed by atoms with Crippen LogP contribution in [0.1, 0.15) is 11.4 Å². The van der Waals surface area contributed by atoms with Crippen LogP contribution >= 0.6 is 15.9 Å². The van der Waals surface area contributed by atoms with E-state index in [0.29, 0.717) is 12.4 Å². The van der Waals surface area contributed by atoms with Gasteiger partial charge in [0, 0.05) is 17.2 Å². The molecule has 1 aromatic heterocycles. The molecular weight excluding hydrogens is 304 g/mol. The minimum atomic E-state index is 0.519. The van der Waals surface area contributed by atoms with Crippen molar-refractivity contribution in [2.75, 3.05) is 19.3 Å². The zero-order valence-electron chi connectivity index (χ0n) is 10.9. The number of benzene rings is 1. The second-order valence-corrected chi connectivity index (χ2v) is 5.43. The summed E-state index contributed by atoms with van der Waals surface area (Å²) < 4.78 is 1.12. The summed E-state index contributed by atoms with van der Waals surface area (Å²) in [4.78, 5) is 10.6. The molecule has 0 amide bonds. The average molecular weight is 321 g/mol. The van der Waals surface area contributed by atoms with Crippen LogP contribution in [0.25, 0.3) is 0 Å². The highest BCUT2D eigenvalue weighted by molar-refractivity contribution is 9.10. The maximum atomic E-state index is 5.64. The molecule has 1 heterocycles. The Morgan fingerprint density at radius 3 is 2.89 bits per heavy atom. The first-order chi connectivity index (χ1) is 9.13. The number of rotatable bonds is 5. The van der Waals surface area contributed by atoms with Crippen molar-refractivity contribution in [1.29, 1.82) is 0 Å². The SMILES string of the molecule is CN(CCc1cccc(Br)c1)Cc1nccc(N)n1. The zero-order chi connectivity index (χ0) is 13.7. The van der Waals surface area contributed by atoms with E-state index in [2.05, 4.69) is 56.0 Å². The van der Waals surface area contributed by atoms with Crippen molar-refractivity contribution >= 4 is 21.7 Å². The predicted octanol–water partition coefficient (Wildman–Crippen LogP) is 2.50. The fourth-order valence-corrected chi connectivity index (χ4v) is 2.27. The zero-order valence-corrected chi connectivity index (χ0v) is 12.5. The summed E-state index contributed by atoms with van der Waals surface area (Å²) in [6, 6.07) is 10.1. The van der Waals surface area contributed by atoms with Crippen LogP contribution in [0.15, 0.2) is 41.0 Å². The molecule has 4 nitrogen and oxygen atoms in total. The summed E-state index contributed by atoms with van der Waals surface area (Å²) in [5, 5.41) is 0. The normalized spacial score (nSPS) is 10.9. The number of nitrogens with zero attached hydrogens (tertiary/aromatic N) is 3. The van der Waals surface area contributed by atoms with Crippen molar-refractivity contribution in [2.45, 2.75) is 13.0 Å². The first-order valence-electron chi connectivity index (χ1n) is 6.14. The van der Waals surface area contributed by atoms with Crippen molar-refractivity contribution < 1.29 is 0 Å². The van der Waals surface area contributed by atoms with E-state index in [1.807, 2.05) is 6.07 Å². The Kier molecular flexibility index (Phi) is 4.87. The highest BCUT2D eigenvalue weighted by Gasteiger charge is 2.04. The second-order valence-electron chi connectivity index (χ2n) is 4.52. The fraction of sp³-hybridized carbons (Fsp3) is 0.286. The molecule has 2 rings (SSSR count). The molecule has 0 atom stereocenters. The number of nitrogen functional groups attached to an aromatic ring is 1. The van der Waals surface area contributed by atoms with E-state index in [0.717, 1.165) is 23.3 Å². The van der Waals surface area contributed by atoms with Crippen LogP contribution in [0.2, 0.25) is 0 Å². The van der Waals surface area contributed by atoms with Gasteiger partial charge in [-0.05, 0) is 37.2 Å². The number of hydrogen-bond acceptors (Lipinski definition) is 4. The fourth-order valence-electron chi connectivity index (χ4n) is 1.82. The molecule has 0 aliphatic carbocycles. The third-order valence-corrected chi connectivity index (χ3v) is 3.30. The van der Waals surface area contributed by atoms with Crippen LogP contribution in [0.4, 0.5) is 5.82 Å². The van der Waals surface area contributed by atoms with Gasteiger partial charge in [-0.15, -0.1) is 0 Å². The van der Waals surface area contributed by atoms with E-state index in [9.17, 15) is 0 Å². The summed E-state index contributed by atoms with van der Waals surface area (Å²) in [7, 11) is 2.06. The van der Waals surface area contributed by atoms with E-state index >= 15 is 0 Å². The molecule has 0 spiro atoms. The van der Waals surface area contributed by atoms with Gasteiger partial charge in [0.05, 0.1) is 6.54 Å². The van der Waals surface area contributed by atoms with E-state index in [1.165, 1.54) is 5.56 Å². The smallest absolute Gasteiger partial charge is 0.144 e. The third kappa shape index (κ3) is 4.61. The van der Waals surface area contributed by atoms with Crippen LogP contribution in [0.5, 0.6) is 0 Å². The standard InChI is InChI=1S/C14H17BrN4/c1-19(10-14-17-7-5-13(16)18-14)8-6-11-3-2-4-12(15)9-11/h2-5,7,9H,6,8,10H2,1H3,(H2,16,17,18). The number of nitrogens with two attached hydrogens (primary N) is 1. The topological polar surface area (TPSA) is 55.0 Å². The van der Waals surface area contributed by atoms with E-state index < -0.39 is 0 Å². The summed E-state index contributed by atoms with van der Waals surface area (Å²) >= 11 is 3.48. The van der Waals surface area contributed by atoms with Gasteiger partial charge in [-0.25, -0.2) is 9.97 Å². The predicted molar refractivity (Wildman–Crippen MR) is 80.6 cm³/mol. The number of halogens is 1. The molecule has 0 aliphatic heterocycles. The Balaban J connectivity index is 1.86. The molecule has 0 saturated heterocycles. The molecule has 1 aromatic carbocycles. The maximum Gasteiger partial charge on any atom is 0.144 e. The van der Waals surface area contributed by atoms with Crippen LogP contribution in [-0.2, 0) is 13.0 Å². The van der Waals surface area contributed by atoms with Crippen molar-refractivity contribution in [1.82, 2.24) is 14.9 Å². The summed E-state index contributed by atoms with van der Waals surface area (Å²) in [5.74, 6) is 1.28. The monoisotopic (exact) mass is 320 g/mol. The molecule has 0 radical (unpaired) electrons. The molecule has 5 heteroatoms. The first kappa shape index (κ1) is 14.0. The Labute approximate surface area is 121 Å². The number of anilines is 1. The summed E-state index contributed by atoms with van der Waals surface area (Å²) in [6.45, 7) is 1.66. The van der Waals surface area contributed by atoms with Crippen LogP contribution < -0.4 is 5.73 Å². The molecule has 2 N–H and O–H groups in total. The number of hydrogen-bond donors (Lipinski definition) is 1. The van der Waals surface area contributed by atoms with Crippen molar-refractivity contribution in [3.63, 3.8) is 0 Å². The lowest BCUT2D eigenvalue weighted by atomic mass is 10.1. The minimum Gasteiger partial charge on any atom is -0.384 e. The van der Waals surface area contributed by atoms with Gasteiger partial charge in [0.15, 0.2) is 0 Å². The van der Waals surface area contributed by atoms with Gasteiger partial charge in [-0.3, -0.25) is 4.90 Å². The largest absolute Gasteiger partial charge is 0.384 e. The molecule has 0 unspecified atom stereocenters. The van der Waals surface area contributed by atoms with Crippen LogP contribution in [0.3, 0.4) is 0 Å². The van der Waals surface area contributed by atoms with Crippen molar-refractivity contribution in [3.8, 4) is 0 Å². The van der Waals surface area contributed by atoms with Gasteiger partial charge < -0.3 is 5.73 Å². The first-order valence-corrected chi connectivity index (χ1v) is 6.93. The average Bonchev–Trinajstić information content (AvgIpc) is 2.36. The Morgan fingerprint density at radius 1 is 1.32 bits per heavy atom. The van der Waals surface area contributed by atoms with Gasteiger partial charge >= 0.3 is 0 Å². The molecular formula is C14H17BrN4. The molecule has 19 heavy (non-hydrogen) atoms. The van der Waals surface area contributed by atoms with E-state index in [1.54, 1.807) is 12.3 Å². The highest BCUT2D eigenvalue weighted by Crippen LogP contribution is 2.12. The maximum absolute atomic E-state index is 5.64. The molecule has 2 aromatic rings. The lowest BCUT2D eigenvalue weighted by Gasteiger charge is -2.15. The van der Waals surface area contributed by atoms with Gasteiger partial charge in [-0.2, -0.15) is 0 Å². The number of likely N-dealkylation sites (N-methyl/N-ethyl adjacent to an activating group) is 1. The quantitative estimate of drug-likeness (QED) is 0.919. The minimum absolute atomic E-state index is 0.519. The van der Waals surface area contributed by atoms with Gasteiger partial charge in [0.25, 0.3) is 0 Å². The van der Waals surface area contributed by atoms with Crippen LogP contribution in [0, 0.1) is 0 Å². The Morgan fingerprint density at radius 2 is 2.16 bits per heavy atom. The van der Waals surface area contributed by atoms with Crippen LogP contribution in [-0.4, -0.2) is 28.5 Å². The number of aromatic nitrogens is 2. The van der Waals surface area contributed by atoms with Gasteiger partial charge in [0.2, 0.25) is 0 Å². The molecule has 0 saturated carbocycles. The van der Waals surface area contributed by atoms with E-state index in [4.69, 9.17) is 5.73 Å². The highest BCUT2D eigenvalue weighted by atomic mass is 79.9. The lowest BCUT2D eigenvalue weighted by Crippen LogP contribution is -2.22. The van der Waals surface area contributed by atoms with E-state index in [-0.39, 0.29) is 0 Å². The lowest BCUT2D eigenvalue weighted by molar-refractivity contribution is 0.322. The van der Waals surface area contributed by atoms with Gasteiger partial charge in [-0.1, -0.05) is 28.1 Å². The second kappa shape index (κ2) is 6.63. The summed E-state index contributed by atoms with van der Waals surface area (Å²) in [5.41, 5.74) is 6.96. The Hall–Kier alpha value is -1.46. The van der Waals surface area contributed by atoms with Crippen molar-refractivity contribution in [2.24, 2.45) is 0 Å². The summed E-state index contributed by atoms with van der Waals surface area (Å²) in [6.07, 6.45) is 2.69. The van der Waals surface area contributed by atoms with Gasteiger partial charge in [0.1, 0.15) is 11.6 Å². The Bertz CT molecular complexity index is 544. The molecule has 0 fully saturated rings. The third-order valence-electron chi connectivity index (χ3n) is 2.81. The molecule has 100 valence electrons. The van der Waals surface area contributed by atoms with Crippen molar-refractivity contribution in [3.05, 3.63) is 52.4 Å². The molecule has 0 aliphatic rings. The molecule has 0 bridgehead atoms.